The number of carbonyl (C=O) groups is 1. The number of rotatable bonds is 5. The van der Waals surface area contributed by atoms with E-state index in [2.05, 4.69) is 10.6 Å². The summed E-state index contributed by atoms with van der Waals surface area (Å²) in [4.78, 5) is 22.3. The first-order chi connectivity index (χ1) is 12.4. The van der Waals surface area contributed by atoms with E-state index in [-0.39, 0.29) is 10.8 Å². The van der Waals surface area contributed by atoms with E-state index in [9.17, 15) is 14.9 Å². The molecule has 0 spiro atoms. The Labute approximate surface area is 157 Å². The molecule has 0 fully saturated rings. The van der Waals surface area contributed by atoms with Gasteiger partial charge in [-0.15, -0.1) is 0 Å². The summed E-state index contributed by atoms with van der Waals surface area (Å²) in [5, 5.41) is 16.6. The minimum atomic E-state index is -0.482. The molecule has 0 aliphatic carbocycles. The molecule has 0 saturated carbocycles. The zero-order chi connectivity index (χ0) is 19.1. The maximum Gasteiger partial charge on any atom is 0.270 e. The van der Waals surface area contributed by atoms with Crippen LogP contribution in [-0.4, -0.2) is 15.9 Å². The summed E-state index contributed by atoms with van der Waals surface area (Å²) < 4.78 is 0. The summed E-state index contributed by atoms with van der Waals surface area (Å²) in [6.07, 6.45) is 3.62. The van der Waals surface area contributed by atoms with E-state index in [0.717, 1.165) is 23.2 Å². The van der Waals surface area contributed by atoms with Gasteiger partial charge in [0.05, 0.1) is 4.92 Å². The van der Waals surface area contributed by atoms with Crippen molar-refractivity contribution in [2.75, 3.05) is 5.32 Å². The van der Waals surface area contributed by atoms with Crippen LogP contribution in [-0.2, 0) is 11.2 Å². The second-order valence-corrected chi connectivity index (χ2v) is 6.00. The lowest BCUT2D eigenvalue weighted by molar-refractivity contribution is -0.384. The Hall–Kier alpha value is -3.06. The molecule has 0 atom stereocenters. The van der Waals surface area contributed by atoms with Gasteiger partial charge in [0.15, 0.2) is 5.11 Å². The smallest absolute Gasteiger partial charge is 0.270 e. The second-order valence-electron chi connectivity index (χ2n) is 5.59. The number of thiocarbonyl (C=S) groups is 1. The first-order valence-electron chi connectivity index (χ1n) is 8.03. The molecule has 134 valence electrons. The fourth-order valence-corrected chi connectivity index (χ4v) is 2.62. The lowest BCUT2D eigenvalue weighted by atomic mass is 10.1. The number of nitro benzene ring substituents is 1. The van der Waals surface area contributed by atoms with Gasteiger partial charge in [-0.25, -0.2) is 0 Å². The number of carbonyl (C=O) groups excluding carboxylic acids is 1. The van der Waals surface area contributed by atoms with Crippen LogP contribution in [0.4, 0.5) is 11.4 Å². The second kappa shape index (κ2) is 8.87. The molecule has 0 unspecified atom stereocenters. The molecular weight excluding hydrogens is 350 g/mol. The maximum atomic E-state index is 12.0. The third kappa shape index (κ3) is 5.22. The number of hydrogen-bond acceptors (Lipinski definition) is 4. The monoisotopic (exact) mass is 369 g/mol. The molecule has 6 nitrogen and oxygen atoms in total. The lowest BCUT2D eigenvalue weighted by Gasteiger charge is -2.14. The molecule has 2 rings (SSSR count). The van der Waals surface area contributed by atoms with Gasteiger partial charge in [-0.05, 0) is 48.3 Å². The van der Waals surface area contributed by atoms with Crippen molar-refractivity contribution in [3.63, 3.8) is 0 Å². The molecule has 2 aromatic carbocycles. The minimum Gasteiger partial charge on any atom is -0.332 e. The predicted molar refractivity (Wildman–Crippen MR) is 107 cm³/mol. The number of nitrogens with one attached hydrogen (secondary N) is 2. The van der Waals surface area contributed by atoms with E-state index in [1.54, 1.807) is 12.1 Å². The average molecular weight is 369 g/mol. The number of non-ortho nitro benzene ring substituents is 1. The van der Waals surface area contributed by atoms with Gasteiger partial charge in [-0.1, -0.05) is 37.3 Å². The molecule has 1 amide bonds. The zero-order valence-electron chi connectivity index (χ0n) is 14.5. The molecule has 26 heavy (non-hydrogen) atoms. The third-order valence-electron chi connectivity index (χ3n) is 3.72. The Morgan fingerprint density at radius 3 is 2.69 bits per heavy atom. The maximum absolute atomic E-state index is 12.0. The molecule has 0 radical (unpaired) electrons. The van der Waals surface area contributed by atoms with E-state index in [0.29, 0.717) is 5.56 Å². The first kappa shape index (κ1) is 19.3. The molecule has 0 aliphatic rings. The van der Waals surface area contributed by atoms with Crippen LogP contribution < -0.4 is 10.6 Å². The van der Waals surface area contributed by atoms with Gasteiger partial charge in [0, 0.05) is 23.9 Å². The molecule has 0 aromatic heterocycles. The summed E-state index contributed by atoms with van der Waals surface area (Å²) in [5.41, 5.74) is 3.56. The molecule has 0 bridgehead atoms. The number of amides is 1. The highest BCUT2D eigenvalue weighted by Crippen LogP contribution is 2.20. The highest BCUT2D eigenvalue weighted by atomic mass is 32.1. The number of benzene rings is 2. The average Bonchev–Trinajstić information content (AvgIpc) is 2.62. The van der Waals surface area contributed by atoms with Crippen molar-refractivity contribution in [3.8, 4) is 0 Å². The number of para-hydroxylation sites is 1. The minimum absolute atomic E-state index is 0.0311. The van der Waals surface area contributed by atoms with Crippen LogP contribution in [0.3, 0.4) is 0 Å². The summed E-state index contributed by atoms with van der Waals surface area (Å²) in [6.45, 7) is 4.01. The van der Waals surface area contributed by atoms with Gasteiger partial charge in [0.25, 0.3) is 5.69 Å². The van der Waals surface area contributed by atoms with Gasteiger partial charge in [0.2, 0.25) is 5.91 Å². The number of aryl methyl sites for hydroxylation is 2. The molecular formula is C19H19N3O3S. The van der Waals surface area contributed by atoms with E-state index < -0.39 is 10.8 Å². The Bertz CT molecular complexity index is 878. The fraction of sp³-hybridized carbons (Fsp3) is 0.158. The van der Waals surface area contributed by atoms with Crippen molar-refractivity contribution in [2.24, 2.45) is 0 Å². The molecule has 0 aliphatic heterocycles. The van der Waals surface area contributed by atoms with Crippen LogP contribution >= 0.6 is 12.2 Å². The fourth-order valence-electron chi connectivity index (χ4n) is 2.41. The summed E-state index contributed by atoms with van der Waals surface area (Å²) in [6, 6.07) is 12.0. The molecule has 2 aromatic rings. The van der Waals surface area contributed by atoms with Crippen LogP contribution in [0.5, 0.6) is 0 Å². The highest BCUT2D eigenvalue weighted by molar-refractivity contribution is 7.80. The molecule has 0 heterocycles. The van der Waals surface area contributed by atoms with Crippen LogP contribution in [0.15, 0.2) is 48.5 Å². The number of nitrogens with zero attached hydrogens (tertiary/aromatic N) is 1. The Balaban J connectivity index is 2.01. The molecule has 7 heteroatoms. The zero-order valence-corrected chi connectivity index (χ0v) is 15.3. The van der Waals surface area contributed by atoms with Gasteiger partial charge in [-0.3, -0.25) is 20.2 Å². The van der Waals surface area contributed by atoms with Crippen molar-refractivity contribution in [1.29, 1.82) is 0 Å². The summed E-state index contributed by atoms with van der Waals surface area (Å²) in [7, 11) is 0. The van der Waals surface area contributed by atoms with Crippen LogP contribution in [0.25, 0.3) is 6.08 Å². The van der Waals surface area contributed by atoms with Crippen molar-refractivity contribution in [3.05, 3.63) is 75.3 Å². The van der Waals surface area contributed by atoms with E-state index in [4.69, 9.17) is 12.2 Å². The van der Waals surface area contributed by atoms with Crippen LogP contribution in [0.1, 0.15) is 23.6 Å². The topological polar surface area (TPSA) is 84.3 Å². The summed E-state index contributed by atoms with van der Waals surface area (Å²) >= 11 is 5.20. The third-order valence-corrected chi connectivity index (χ3v) is 3.93. The number of anilines is 1. The van der Waals surface area contributed by atoms with Crippen molar-refractivity contribution >= 4 is 40.7 Å². The van der Waals surface area contributed by atoms with E-state index in [1.807, 2.05) is 32.0 Å². The Kier molecular flexibility index (Phi) is 6.57. The van der Waals surface area contributed by atoms with Gasteiger partial charge < -0.3 is 5.32 Å². The number of hydrogen-bond donors (Lipinski definition) is 2. The van der Waals surface area contributed by atoms with Crippen LogP contribution in [0.2, 0.25) is 0 Å². The predicted octanol–water partition coefficient (Wildman–Crippen LogP) is 3.99. The van der Waals surface area contributed by atoms with Crippen molar-refractivity contribution in [2.45, 2.75) is 20.3 Å². The van der Waals surface area contributed by atoms with Gasteiger partial charge in [0.1, 0.15) is 0 Å². The summed E-state index contributed by atoms with van der Waals surface area (Å²) in [5.74, 6) is -0.416. The van der Waals surface area contributed by atoms with Gasteiger partial charge >= 0.3 is 0 Å². The Morgan fingerprint density at radius 2 is 2.00 bits per heavy atom. The normalized spacial score (nSPS) is 10.5. The first-order valence-corrected chi connectivity index (χ1v) is 8.44. The van der Waals surface area contributed by atoms with Crippen molar-refractivity contribution in [1.82, 2.24) is 5.32 Å². The van der Waals surface area contributed by atoms with E-state index >= 15 is 0 Å². The van der Waals surface area contributed by atoms with Gasteiger partial charge in [-0.2, -0.15) is 0 Å². The largest absolute Gasteiger partial charge is 0.332 e. The highest BCUT2D eigenvalue weighted by Gasteiger charge is 2.08. The van der Waals surface area contributed by atoms with Crippen LogP contribution in [0, 0.1) is 17.0 Å². The quantitative estimate of drug-likeness (QED) is 0.360. The van der Waals surface area contributed by atoms with Crippen molar-refractivity contribution < 1.29 is 9.72 Å². The standard InChI is InChI=1S/C19H19N3O3S/c1-3-15-8-4-6-13(2)18(15)21-19(26)20-17(23)11-10-14-7-5-9-16(12-14)22(24)25/h4-12H,3H2,1-2H3,(H2,20,21,23,26)/b11-10+. The molecule has 2 N–H and O–H groups in total. The Morgan fingerprint density at radius 1 is 1.27 bits per heavy atom. The van der Waals surface area contributed by atoms with E-state index in [1.165, 1.54) is 24.3 Å². The lowest BCUT2D eigenvalue weighted by Crippen LogP contribution is -2.33. The SMILES string of the molecule is CCc1cccc(C)c1NC(=S)NC(=O)/C=C/c1cccc([N+](=O)[O-])c1. The molecule has 0 saturated heterocycles. The number of nitro groups is 1.